The number of aryl methyl sites for hydroxylation is 4. The maximum absolute atomic E-state index is 2.90. The first-order valence-corrected chi connectivity index (χ1v) is 7.93. The van der Waals surface area contributed by atoms with E-state index in [-0.39, 0.29) is 0 Å². The van der Waals surface area contributed by atoms with Gasteiger partial charge in [0.05, 0.1) is 0 Å². The molecule has 0 radical (unpaired) electrons. The SMILES string of the molecule is Cc1sc(C)c(-c2c(C)sc(C)c2P)c1P. The van der Waals surface area contributed by atoms with Crippen molar-refractivity contribution in [3.05, 3.63) is 19.5 Å². The molecular weight excluding hydrogens is 270 g/mol. The lowest BCUT2D eigenvalue weighted by Gasteiger charge is -2.04. The highest BCUT2D eigenvalue weighted by Crippen LogP contribution is 2.36. The van der Waals surface area contributed by atoms with Gasteiger partial charge in [-0.25, -0.2) is 0 Å². The molecule has 2 atom stereocenters. The van der Waals surface area contributed by atoms with E-state index in [0.717, 1.165) is 0 Å². The standard InChI is InChI=1S/C12H16P2S2/c1-5-9(11(13)7(3)15-5)10-6(2)16-8(4)12(10)14/h13-14H2,1-4H3. The lowest BCUT2D eigenvalue weighted by molar-refractivity contribution is 1.58. The zero-order valence-electron chi connectivity index (χ0n) is 9.97. The van der Waals surface area contributed by atoms with Crippen LogP contribution in [0.2, 0.25) is 0 Å². The van der Waals surface area contributed by atoms with E-state index in [0.29, 0.717) is 0 Å². The molecule has 0 amide bonds. The summed E-state index contributed by atoms with van der Waals surface area (Å²) in [5.41, 5.74) is 2.86. The van der Waals surface area contributed by atoms with Gasteiger partial charge in [-0.05, 0) is 38.3 Å². The van der Waals surface area contributed by atoms with E-state index in [2.05, 4.69) is 46.2 Å². The van der Waals surface area contributed by atoms with E-state index in [1.54, 1.807) is 0 Å². The molecule has 2 rings (SSSR count). The van der Waals surface area contributed by atoms with Crippen molar-refractivity contribution in [3.8, 4) is 11.1 Å². The molecule has 0 aromatic carbocycles. The molecule has 0 aliphatic rings. The summed E-state index contributed by atoms with van der Waals surface area (Å²) in [5.74, 6) is 0. The van der Waals surface area contributed by atoms with Crippen molar-refractivity contribution in [3.63, 3.8) is 0 Å². The van der Waals surface area contributed by atoms with Gasteiger partial charge in [-0.3, -0.25) is 0 Å². The lowest BCUT2D eigenvalue weighted by atomic mass is 10.1. The molecular formula is C12H16P2S2. The molecule has 4 heteroatoms. The number of thiophene rings is 2. The van der Waals surface area contributed by atoms with E-state index in [4.69, 9.17) is 0 Å². The third-order valence-electron chi connectivity index (χ3n) is 2.86. The normalized spacial score (nSPS) is 11.1. The Morgan fingerprint density at radius 1 is 0.625 bits per heavy atom. The summed E-state index contributed by atoms with van der Waals surface area (Å²) in [6.45, 7) is 8.83. The largest absolute Gasteiger partial charge is 0.145 e. The Labute approximate surface area is 110 Å². The second-order valence-electron chi connectivity index (χ2n) is 4.01. The fourth-order valence-electron chi connectivity index (χ4n) is 2.02. The minimum atomic E-state index is 1.37. The van der Waals surface area contributed by atoms with E-state index in [1.807, 2.05) is 22.7 Å². The molecule has 0 saturated heterocycles. The van der Waals surface area contributed by atoms with Gasteiger partial charge in [0.2, 0.25) is 0 Å². The van der Waals surface area contributed by atoms with Crippen LogP contribution in [0.3, 0.4) is 0 Å². The molecule has 0 nitrogen and oxygen atoms in total. The molecule has 0 aliphatic carbocycles. The summed E-state index contributed by atoms with van der Waals surface area (Å²) in [6, 6.07) is 0. The van der Waals surface area contributed by atoms with Gasteiger partial charge in [0, 0.05) is 30.6 Å². The third kappa shape index (κ3) is 1.91. The Morgan fingerprint density at radius 2 is 0.938 bits per heavy atom. The maximum Gasteiger partial charge on any atom is 0.0102 e. The van der Waals surface area contributed by atoms with Crippen LogP contribution in [-0.2, 0) is 0 Å². The summed E-state index contributed by atoms with van der Waals surface area (Å²) in [6.07, 6.45) is 0. The second-order valence-corrected chi connectivity index (χ2v) is 8.02. The summed E-state index contributed by atoms with van der Waals surface area (Å²) < 4.78 is 0. The Hall–Kier alpha value is 0.260. The monoisotopic (exact) mass is 286 g/mol. The fourth-order valence-corrected chi connectivity index (χ4v) is 5.28. The summed E-state index contributed by atoms with van der Waals surface area (Å²) in [7, 11) is 5.80. The van der Waals surface area contributed by atoms with Gasteiger partial charge in [0.25, 0.3) is 0 Å². The van der Waals surface area contributed by atoms with Crippen LogP contribution in [0.15, 0.2) is 0 Å². The van der Waals surface area contributed by atoms with Gasteiger partial charge in [-0.15, -0.1) is 41.2 Å². The number of hydrogen-bond donors (Lipinski definition) is 0. The van der Waals surface area contributed by atoms with E-state index >= 15 is 0 Å². The molecule has 0 spiro atoms. The third-order valence-corrected chi connectivity index (χ3v) is 6.80. The van der Waals surface area contributed by atoms with Crippen molar-refractivity contribution in [1.82, 2.24) is 0 Å². The Balaban J connectivity index is 2.76. The van der Waals surface area contributed by atoms with Gasteiger partial charge in [-0.2, -0.15) is 0 Å². The van der Waals surface area contributed by atoms with Crippen LogP contribution in [0.4, 0.5) is 0 Å². The molecule has 0 N–H and O–H groups in total. The molecule has 2 heterocycles. The topological polar surface area (TPSA) is 0 Å². The molecule has 0 saturated carbocycles. The Bertz CT molecular complexity index is 500. The van der Waals surface area contributed by atoms with Gasteiger partial charge in [0.15, 0.2) is 0 Å². The van der Waals surface area contributed by atoms with Gasteiger partial charge >= 0.3 is 0 Å². The lowest BCUT2D eigenvalue weighted by Crippen LogP contribution is -2.02. The first-order chi connectivity index (χ1) is 7.43. The first kappa shape index (κ1) is 12.7. The van der Waals surface area contributed by atoms with Gasteiger partial charge in [0.1, 0.15) is 0 Å². The minimum Gasteiger partial charge on any atom is -0.145 e. The van der Waals surface area contributed by atoms with E-state index in [9.17, 15) is 0 Å². The summed E-state index contributed by atoms with van der Waals surface area (Å²) in [4.78, 5) is 5.66. The van der Waals surface area contributed by atoms with Crippen LogP contribution < -0.4 is 10.6 Å². The highest BCUT2D eigenvalue weighted by Gasteiger charge is 2.18. The number of rotatable bonds is 1. The summed E-state index contributed by atoms with van der Waals surface area (Å²) in [5, 5.41) is 2.74. The predicted molar refractivity (Wildman–Crippen MR) is 85.3 cm³/mol. The van der Waals surface area contributed by atoms with Crippen LogP contribution in [0.25, 0.3) is 11.1 Å². The van der Waals surface area contributed by atoms with Crippen LogP contribution in [-0.4, -0.2) is 0 Å². The molecule has 2 aromatic heterocycles. The first-order valence-electron chi connectivity index (χ1n) is 5.14. The fraction of sp³-hybridized carbons (Fsp3) is 0.333. The number of hydrogen-bond acceptors (Lipinski definition) is 2. The molecule has 2 aromatic rings. The van der Waals surface area contributed by atoms with Crippen molar-refractivity contribution in [2.75, 3.05) is 0 Å². The van der Waals surface area contributed by atoms with Crippen molar-refractivity contribution in [2.45, 2.75) is 27.7 Å². The van der Waals surface area contributed by atoms with Gasteiger partial charge in [-0.1, -0.05) is 0 Å². The molecule has 2 unspecified atom stereocenters. The predicted octanol–water partition coefficient (Wildman–Crippen LogP) is 3.71. The molecule has 16 heavy (non-hydrogen) atoms. The maximum atomic E-state index is 2.90. The van der Waals surface area contributed by atoms with Crippen LogP contribution in [0.5, 0.6) is 0 Å². The zero-order chi connectivity index (χ0) is 12.0. The zero-order valence-corrected chi connectivity index (χ0v) is 13.9. The van der Waals surface area contributed by atoms with Crippen LogP contribution in [0.1, 0.15) is 19.5 Å². The van der Waals surface area contributed by atoms with E-state index < -0.39 is 0 Å². The average molecular weight is 286 g/mol. The highest BCUT2D eigenvalue weighted by atomic mass is 32.1. The van der Waals surface area contributed by atoms with Crippen molar-refractivity contribution in [1.29, 1.82) is 0 Å². The Kier molecular flexibility index (Phi) is 3.57. The smallest absolute Gasteiger partial charge is 0.0102 e. The highest BCUT2D eigenvalue weighted by molar-refractivity contribution is 7.32. The molecule has 0 aliphatic heterocycles. The van der Waals surface area contributed by atoms with Crippen molar-refractivity contribution in [2.24, 2.45) is 0 Å². The second kappa shape index (κ2) is 4.50. The van der Waals surface area contributed by atoms with Crippen molar-refractivity contribution < 1.29 is 0 Å². The van der Waals surface area contributed by atoms with Gasteiger partial charge < -0.3 is 0 Å². The quantitative estimate of drug-likeness (QED) is 0.701. The van der Waals surface area contributed by atoms with Crippen LogP contribution >= 0.6 is 41.2 Å². The van der Waals surface area contributed by atoms with E-state index in [1.165, 1.54) is 41.2 Å². The molecule has 0 bridgehead atoms. The Morgan fingerprint density at radius 3 is 1.12 bits per heavy atom. The van der Waals surface area contributed by atoms with Crippen molar-refractivity contribution >= 4 is 51.8 Å². The van der Waals surface area contributed by atoms with Crippen LogP contribution in [0, 0.1) is 27.7 Å². The minimum absolute atomic E-state index is 1.37. The summed E-state index contributed by atoms with van der Waals surface area (Å²) >= 11 is 3.78. The molecule has 86 valence electrons. The molecule has 0 fully saturated rings. The average Bonchev–Trinajstić information content (AvgIpc) is 2.57.